The number of hydrogen-bond acceptors (Lipinski definition) is 5. The first kappa shape index (κ1) is 20.0. The maximum atomic E-state index is 12.4. The fraction of sp³-hybridized carbons (Fsp3) is 0.556. The van der Waals surface area contributed by atoms with Crippen LogP contribution in [0.4, 0.5) is 0 Å². The highest BCUT2D eigenvalue weighted by Gasteiger charge is 2.28. The number of carbonyl (C=O) groups is 2. The molecule has 0 aliphatic carbocycles. The van der Waals surface area contributed by atoms with Crippen molar-refractivity contribution in [2.24, 2.45) is 5.73 Å². The third-order valence-electron chi connectivity index (χ3n) is 3.32. The highest BCUT2D eigenvalue weighted by molar-refractivity contribution is 5.87. The maximum absolute atomic E-state index is 12.4. The van der Waals surface area contributed by atoms with Crippen LogP contribution in [0.1, 0.15) is 46.1 Å². The van der Waals surface area contributed by atoms with E-state index in [1.165, 1.54) is 12.1 Å². The molecule has 0 aromatic heterocycles. The van der Waals surface area contributed by atoms with Crippen LogP contribution < -0.4 is 11.1 Å². The van der Waals surface area contributed by atoms with E-state index in [0.717, 1.165) is 12.0 Å². The van der Waals surface area contributed by atoms with Gasteiger partial charge in [0, 0.05) is 6.42 Å². The number of ether oxygens (including phenoxy) is 1. The van der Waals surface area contributed by atoms with Crippen molar-refractivity contribution in [2.45, 2.75) is 64.6 Å². The lowest BCUT2D eigenvalue weighted by Gasteiger charge is -2.25. The van der Waals surface area contributed by atoms with E-state index in [0.29, 0.717) is 6.42 Å². The van der Waals surface area contributed by atoms with Gasteiger partial charge in [0.2, 0.25) is 5.91 Å². The molecule has 2 atom stereocenters. The molecule has 0 unspecified atom stereocenters. The van der Waals surface area contributed by atoms with Crippen LogP contribution >= 0.6 is 0 Å². The highest BCUT2D eigenvalue weighted by atomic mass is 16.6. The van der Waals surface area contributed by atoms with Crippen LogP contribution in [0.3, 0.4) is 0 Å². The molecule has 4 N–H and O–H groups in total. The number of phenolic OH excluding ortho intramolecular Hbond substituents is 1. The van der Waals surface area contributed by atoms with Gasteiger partial charge in [-0.1, -0.05) is 25.5 Å². The van der Waals surface area contributed by atoms with Crippen molar-refractivity contribution in [3.05, 3.63) is 29.8 Å². The molecule has 0 saturated carbocycles. The number of phenols is 1. The van der Waals surface area contributed by atoms with Gasteiger partial charge in [0.25, 0.3) is 0 Å². The lowest BCUT2D eigenvalue weighted by atomic mass is 10.0. The zero-order valence-electron chi connectivity index (χ0n) is 14.8. The number of aromatic hydroxyl groups is 1. The van der Waals surface area contributed by atoms with Crippen LogP contribution in [0, 0.1) is 0 Å². The summed E-state index contributed by atoms with van der Waals surface area (Å²) in [4.78, 5) is 24.6. The Balaban J connectivity index is 2.87. The van der Waals surface area contributed by atoms with Gasteiger partial charge in [-0.25, -0.2) is 4.79 Å². The summed E-state index contributed by atoms with van der Waals surface area (Å²) in [5.41, 5.74) is 5.97. The summed E-state index contributed by atoms with van der Waals surface area (Å²) in [5, 5.41) is 12.0. The lowest BCUT2D eigenvalue weighted by molar-refractivity contribution is -0.158. The van der Waals surface area contributed by atoms with Crippen molar-refractivity contribution in [3.8, 4) is 5.75 Å². The van der Waals surface area contributed by atoms with Gasteiger partial charge in [-0.15, -0.1) is 0 Å². The highest BCUT2D eigenvalue weighted by Crippen LogP contribution is 2.14. The van der Waals surface area contributed by atoms with Gasteiger partial charge in [0.1, 0.15) is 17.4 Å². The predicted octanol–water partition coefficient (Wildman–Crippen LogP) is 1.89. The summed E-state index contributed by atoms with van der Waals surface area (Å²) in [6.07, 6.45) is 1.59. The van der Waals surface area contributed by atoms with Gasteiger partial charge in [0.15, 0.2) is 0 Å². The average molecular weight is 336 g/mol. The number of benzene rings is 1. The molecule has 0 heterocycles. The third kappa shape index (κ3) is 7.00. The fourth-order valence-corrected chi connectivity index (χ4v) is 2.15. The summed E-state index contributed by atoms with van der Waals surface area (Å²) in [6.45, 7) is 7.25. The van der Waals surface area contributed by atoms with Crippen LogP contribution in [-0.4, -0.2) is 34.7 Å². The molecule has 0 aliphatic rings. The second-order valence-corrected chi connectivity index (χ2v) is 6.86. The molecular formula is C18H28N2O4. The summed E-state index contributed by atoms with van der Waals surface area (Å²) >= 11 is 0. The largest absolute Gasteiger partial charge is 0.508 e. The number of nitrogens with two attached hydrogens (primary N) is 1. The zero-order chi connectivity index (χ0) is 18.3. The number of carbonyl (C=O) groups excluding carboxylic acids is 2. The first-order valence-corrected chi connectivity index (χ1v) is 8.19. The molecule has 0 spiro atoms. The van der Waals surface area contributed by atoms with E-state index >= 15 is 0 Å². The monoisotopic (exact) mass is 336 g/mol. The van der Waals surface area contributed by atoms with Gasteiger partial charge in [-0.05, 0) is 44.9 Å². The Labute approximate surface area is 143 Å². The molecule has 1 rings (SSSR count). The lowest BCUT2D eigenvalue weighted by Crippen LogP contribution is -2.50. The van der Waals surface area contributed by atoms with E-state index in [-0.39, 0.29) is 18.1 Å². The van der Waals surface area contributed by atoms with Gasteiger partial charge < -0.3 is 20.9 Å². The summed E-state index contributed by atoms with van der Waals surface area (Å²) in [7, 11) is 0. The Kier molecular flexibility index (Phi) is 7.22. The molecule has 24 heavy (non-hydrogen) atoms. The number of amides is 1. The van der Waals surface area contributed by atoms with Crippen molar-refractivity contribution in [3.63, 3.8) is 0 Å². The molecule has 0 fully saturated rings. The molecule has 0 radical (unpaired) electrons. The number of hydrogen-bond donors (Lipinski definition) is 3. The average Bonchev–Trinajstić information content (AvgIpc) is 2.47. The van der Waals surface area contributed by atoms with Crippen molar-refractivity contribution >= 4 is 11.9 Å². The molecule has 0 saturated heterocycles. The summed E-state index contributed by atoms with van der Waals surface area (Å²) in [6, 6.07) is 4.98. The molecule has 1 aromatic rings. The topological polar surface area (TPSA) is 102 Å². The summed E-state index contributed by atoms with van der Waals surface area (Å²) < 4.78 is 5.39. The molecule has 1 amide bonds. The van der Waals surface area contributed by atoms with Gasteiger partial charge in [-0.3, -0.25) is 4.79 Å². The molecular weight excluding hydrogens is 308 g/mol. The molecule has 0 aliphatic heterocycles. The second kappa shape index (κ2) is 8.68. The van der Waals surface area contributed by atoms with Crippen LogP contribution in [0.5, 0.6) is 5.75 Å². The predicted molar refractivity (Wildman–Crippen MR) is 92.5 cm³/mol. The van der Waals surface area contributed by atoms with E-state index < -0.39 is 23.7 Å². The van der Waals surface area contributed by atoms with Crippen molar-refractivity contribution in [1.82, 2.24) is 5.32 Å². The van der Waals surface area contributed by atoms with E-state index in [4.69, 9.17) is 10.5 Å². The first-order chi connectivity index (χ1) is 11.1. The van der Waals surface area contributed by atoms with Crippen molar-refractivity contribution in [2.75, 3.05) is 0 Å². The minimum atomic E-state index is -0.829. The van der Waals surface area contributed by atoms with E-state index in [1.54, 1.807) is 32.9 Å². The van der Waals surface area contributed by atoms with E-state index in [9.17, 15) is 14.7 Å². The summed E-state index contributed by atoms with van der Waals surface area (Å²) in [5.74, 6) is -0.735. The minimum Gasteiger partial charge on any atom is -0.508 e. The van der Waals surface area contributed by atoms with Crippen LogP contribution in [0.2, 0.25) is 0 Å². The Morgan fingerprint density at radius 2 is 1.83 bits per heavy atom. The smallest absolute Gasteiger partial charge is 0.329 e. The van der Waals surface area contributed by atoms with Crippen LogP contribution in [0.15, 0.2) is 24.3 Å². The maximum Gasteiger partial charge on any atom is 0.329 e. The number of rotatable bonds is 7. The third-order valence-corrected chi connectivity index (χ3v) is 3.32. The Morgan fingerprint density at radius 1 is 1.25 bits per heavy atom. The second-order valence-electron chi connectivity index (χ2n) is 6.86. The molecule has 1 aromatic carbocycles. The molecule has 134 valence electrons. The zero-order valence-corrected chi connectivity index (χ0v) is 14.8. The van der Waals surface area contributed by atoms with Crippen LogP contribution in [0.25, 0.3) is 0 Å². The normalized spacial score (nSPS) is 13.9. The quantitative estimate of drug-likeness (QED) is 0.660. The Morgan fingerprint density at radius 3 is 2.33 bits per heavy atom. The van der Waals surface area contributed by atoms with Crippen molar-refractivity contribution in [1.29, 1.82) is 0 Å². The minimum absolute atomic E-state index is 0.140. The van der Waals surface area contributed by atoms with Gasteiger partial charge >= 0.3 is 5.97 Å². The SMILES string of the molecule is CCC[C@H](N)C(=O)N[C@@H](Cc1ccc(O)cc1)C(=O)OC(C)(C)C. The van der Waals surface area contributed by atoms with Gasteiger partial charge in [0.05, 0.1) is 6.04 Å². The standard InChI is InChI=1S/C18H28N2O4/c1-5-6-14(19)16(22)20-15(17(23)24-18(2,3)4)11-12-7-9-13(21)10-8-12/h7-10,14-15,21H,5-6,11,19H2,1-4H3,(H,20,22)/t14-,15-/m0/s1. The van der Waals surface area contributed by atoms with Crippen molar-refractivity contribution < 1.29 is 19.4 Å². The van der Waals surface area contributed by atoms with E-state index in [1.807, 2.05) is 6.92 Å². The molecule has 6 heteroatoms. The Hall–Kier alpha value is -2.08. The first-order valence-electron chi connectivity index (χ1n) is 8.19. The van der Waals surface area contributed by atoms with Gasteiger partial charge in [-0.2, -0.15) is 0 Å². The number of esters is 1. The molecule has 0 bridgehead atoms. The fourth-order valence-electron chi connectivity index (χ4n) is 2.15. The molecule has 6 nitrogen and oxygen atoms in total. The Bertz CT molecular complexity index is 549. The number of nitrogens with one attached hydrogen (secondary N) is 1. The van der Waals surface area contributed by atoms with E-state index in [2.05, 4.69) is 5.32 Å². The van der Waals surface area contributed by atoms with Crippen LogP contribution in [-0.2, 0) is 20.7 Å².